The van der Waals surface area contributed by atoms with Gasteiger partial charge in [-0.1, -0.05) is 29.8 Å². The SMILES string of the molecule is CCOCN(C)C/N=C1/NC(=C(C#N)C#N)C2(C#N)CN(C)CC1(C#N)C2c1ccccc1Cl. The fourth-order valence-electron chi connectivity index (χ4n) is 4.92. The normalized spacial score (nSPS) is 27.3. The van der Waals surface area contributed by atoms with E-state index in [1.807, 2.05) is 35.9 Å². The number of ether oxygens (including phenoxy) is 1. The number of nitrogens with zero attached hydrogens (tertiary/aromatic N) is 7. The molecule has 0 amide bonds. The Hall–Kier alpha value is -3.44. The molecule has 0 aromatic heterocycles. The Labute approximate surface area is 204 Å². The van der Waals surface area contributed by atoms with Crippen LogP contribution < -0.4 is 5.32 Å². The summed E-state index contributed by atoms with van der Waals surface area (Å²) < 4.78 is 5.43. The van der Waals surface area contributed by atoms with Gasteiger partial charge in [0.1, 0.15) is 35.5 Å². The van der Waals surface area contributed by atoms with Crippen LogP contribution in [0.1, 0.15) is 18.4 Å². The molecule has 9 nitrogen and oxygen atoms in total. The summed E-state index contributed by atoms with van der Waals surface area (Å²) in [6, 6.07) is 15.7. The average molecular weight is 477 g/mol. The molecule has 2 aliphatic rings. The van der Waals surface area contributed by atoms with Crippen molar-refractivity contribution in [1.29, 1.82) is 21.0 Å². The maximum atomic E-state index is 10.6. The van der Waals surface area contributed by atoms with E-state index in [9.17, 15) is 21.0 Å². The number of amidine groups is 1. The second kappa shape index (κ2) is 10.2. The van der Waals surface area contributed by atoms with E-state index in [2.05, 4.69) is 17.5 Å². The molecule has 10 heteroatoms. The fraction of sp³-hybridized carbons (Fsp3) is 0.458. The fourth-order valence-corrected chi connectivity index (χ4v) is 5.16. The van der Waals surface area contributed by atoms with Crippen molar-refractivity contribution in [2.24, 2.45) is 15.8 Å². The molecule has 174 valence electrons. The van der Waals surface area contributed by atoms with Gasteiger partial charge in [0.2, 0.25) is 0 Å². The standard InChI is InChI=1S/C24H25ClN8O/c1-4-34-16-33(3)15-30-22-24(12-29)14-32(2)13-23(11-28,21(31-22)17(9-26)10-27)20(24)18-7-5-6-8-19(18)25/h5-8,20H,4,13-16H2,1-3H3,(H,30,31). The number of piperidine rings is 2. The van der Waals surface area contributed by atoms with Crippen molar-refractivity contribution in [3.05, 3.63) is 46.1 Å². The quantitative estimate of drug-likeness (QED) is 0.488. The number of halogens is 1. The number of hydrogen-bond acceptors (Lipinski definition) is 8. The molecule has 0 saturated carbocycles. The first-order chi connectivity index (χ1) is 16.3. The predicted octanol–water partition coefficient (Wildman–Crippen LogP) is 2.58. The molecule has 3 atom stereocenters. The van der Waals surface area contributed by atoms with Crippen LogP contribution in [0.2, 0.25) is 5.02 Å². The van der Waals surface area contributed by atoms with Crippen LogP contribution in [-0.4, -0.2) is 62.8 Å². The van der Waals surface area contributed by atoms with Crippen LogP contribution in [0, 0.1) is 56.2 Å². The first-order valence-electron chi connectivity index (χ1n) is 10.7. The molecule has 2 saturated heterocycles. The smallest absolute Gasteiger partial charge is 0.150 e. The van der Waals surface area contributed by atoms with Crippen LogP contribution in [0.25, 0.3) is 0 Å². The van der Waals surface area contributed by atoms with Crippen LogP contribution in [0.4, 0.5) is 0 Å². The molecule has 2 aliphatic heterocycles. The number of nitriles is 4. The highest BCUT2D eigenvalue weighted by atomic mass is 35.5. The molecule has 2 heterocycles. The number of likely N-dealkylation sites (tertiary alicyclic amines) is 1. The topological polar surface area (TPSA) is 135 Å². The van der Waals surface area contributed by atoms with E-state index in [0.717, 1.165) is 0 Å². The molecule has 1 N–H and O–H groups in total. The Kier molecular flexibility index (Phi) is 7.57. The zero-order chi connectivity index (χ0) is 24.9. The van der Waals surface area contributed by atoms with Gasteiger partial charge in [-0.15, -0.1) is 0 Å². The summed E-state index contributed by atoms with van der Waals surface area (Å²) in [5.74, 6) is -0.470. The number of aliphatic imine (C=N–C) groups is 1. The van der Waals surface area contributed by atoms with Gasteiger partial charge in [0.25, 0.3) is 0 Å². The summed E-state index contributed by atoms with van der Waals surface area (Å²) >= 11 is 6.61. The first-order valence-corrected chi connectivity index (χ1v) is 11.1. The summed E-state index contributed by atoms with van der Waals surface area (Å²) in [5.41, 5.74) is -2.15. The van der Waals surface area contributed by atoms with Crippen molar-refractivity contribution in [1.82, 2.24) is 15.1 Å². The summed E-state index contributed by atoms with van der Waals surface area (Å²) in [4.78, 5) is 8.40. The maximum Gasteiger partial charge on any atom is 0.150 e. The minimum atomic E-state index is -1.40. The molecule has 0 spiro atoms. The van der Waals surface area contributed by atoms with Crippen LogP contribution in [-0.2, 0) is 4.74 Å². The van der Waals surface area contributed by atoms with Crippen LogP contribution >= 0.6 is 11.6 Å². The molecular formula is C24H25ClN8O. The lowest BCUT2D eigenvalue weighted by atomic mass is 9.52. The molecule has 1 aromatic carbocycles. The van der Waals surface area contributed by atoms with Gasteiger partial charge < -0.3 is 15.0 Å². The Morgan fingerprint density at radius 3 is 2.44 bits per heavy atom. The van der Waals surface area contributed by atoms with Crippen molar-refractivity contribution in [2.75, 3.05) is 47.2 Å². The highest BCUT2D eigenvalue weighted by molar-refractivity contribution is 6.31. The van der Waals surface area contributed by atoms with Crippen LogP contribution in [0.5, 0.6) is 0 Å². The largest absolute Gasteiger partial charge is 0.366 e. The van der Waals surface area contributed by atoms with Gasteiger partial charge in [-0.05, 0) is 32.6 Å². The number of rotatable bonds is 6. The molecule has 2 bridgehead atoms. The van der Waals surface area contributed by atoms with E-state index in [0.29, 0.717) is 29.8 Å². The third kappa shape index (κ3) is 4.12. The van der Waals surface area contributed by atoms with E-state index >= 15 is 0 Å². The molecule has 3 rings (SSSR count). The number of hydrogen-bond donors (Lipinski definition) is 1. The number of fused-ring (bicyclic) bond motifs is 2. The lowest BCUT2D eigenvalue weighted by Gasteiger charge is -2.56. The van der Waals surface area contributed by atoms with Gasteiger partial charge >= 0.3 is 0 Å². The molecule has 1 aromatic rings. The van der Waals surface area contributed by atoms with Crippen molar-refractivity contribution in [2.45, 2.75) is 12.8 Å². The van der Waals surface area contributed by atoms with Gasteiger partial charge in [0.15, 0.2) is 5.57 Å². The third-order valence-corrected chi connectivity index (χ3v) is 6.56. The maximum absolute atomic E-state index is 10.6. The number of allylic oxidation sites excluding steroid dienone is 1. The van der Waals surface area contributed by atoms with Crippen LogP contribution in [0.3, 0.4) is 0 Å². The Morgan fingerprint density at radius 1 is 1.21 bits per heavy atom. The minimum Gasteiger partial charge on any atom is -0.366 e. The zero-order valence-electron chi connectivity index (χ0n) is 19.3. The molecule has 3 unspecified atom stereocenters. The van der Waals surface area contributed by atoms with E-state index in [1.54, 1.807) is 31.3 Å². The molecule has 0 aliphatic carbocycles. The van der Waals surface area contributed by atoms with Gasteiger partial charge in [-0.3, -0.25) is 9.89 Å². The minimum absolute atomic E-state index is 0.147. The van der Waals surface area contributed by atoms with E-state index in [1.165, 1.54) is 0 Å². The lowest BCUT2D eigenvalue weighted by molar-refractivity contribution is 0.0512. The molecule has 34 heavy (non-hydrogen) atoms. The second-order valence-corrected chi connectivity index (χ2v) is 8.93. The Balaban J connectivity index is 2.34. The highest BCUT2D eigenvalue weighted by Gasteiger charge is 2.65. The van der Waals surface area contributed by atoms with E-state index in [4.69, 9.17) is 21.3 Å². The molecular weight excluding hydrogens is 452 g/mol. The van der Waals surface area contributed by atoms with Crippen molar-refractivity contribution < 1.29 is 4.74 Å². The van der Waals surface area contributed by atoms with E-state index in [-0.39, 0.29) is 31.0 Å². The number of benzene rings is 1. The first kappa shape index (κ1) is 25.2. The van der Waals surface area contributed by atoms with Crippen molar-refractivity contribution in [3.63, 3.8) is 0 Å². The monoisotopic (exact) mass is 476 g/mol. The van der Waals surface area contributed by atoms with Gasteiger partial charge in [0.05, 0.1) is 24.5 Å². The second-order valence-electron chi connectivity index (χ2n) is 8.52. The van der Waals surface area contributed by atoms with Crippen molar-refractivity contribution >= 4 is 17.4 Å². The van der Waals surface area contributed by atoms with Crippen molar-refractivity contribution in [3.8, 4) is 24.3 Å². The summed E-state index contributed by atoms with van der Waals surface area (Å²) in [7, 11) is 3.63. The van der Waals surface area contributed by atoms with Gasteiger partial charge in [0, 0.05) is 30.6 Å². The lowest BCUT2D eigenvalue weighted by Crippen LogP contribution is -2.67. The zero-order valence-corrected chi connectivity index (χ0v) is 20.1. The van der Waals surface area contributed by atoms with Gasteiger partial charge in [-0.2, -0.15) is 21.0 Å². The molecule has 2 fully saturated rings. The van der Waals surface area contributed by atoms with Crippen LogP contribution in [0.15, 0.2) is 40.5 Å². The summed E-state index contributed by atoms with van der Waals surface area (Å²) in [5, 5.41) is 44.2. The summed E-state index contributed by atoms with van der Waals surface area (Å²) in [6.45, 7) is 3.47. The highest BCUT2D eigenvalue weighted by Crippen LogP contribution is 2.59. The molecule has 0 radical (unpaired) electrons. The number of nitrogens with one attached hydrogen (secondary N) is 1. The third-order valence-electron chi connectivity index (χ3n) is 6.21. The van der Waals surface area contributed by atoms with Gasteiger partial charge in [-0.25, -0.2) is 0 Å². The predicted molar refractivity (Wildman–Crippen MR) is 126 cm³/mol. The Morgan fingerprint density at radius 2 is 1.85 bits per heavy atom. The average Bonchev–Trinajstić information content (AvgIpc) is 2.84. The Bertz CT molecular complexity index is 1170. The van der Waals surface area contributed by atoms with E-state index < -0.39 is 16.7 Å². The summed E-state index contributed by atoms with van der Waals surface area (Å²) in [6.07, 6.45) is 0.